The lowest BCUT2D eigenvalue weighted by Crippen LogP contribution is -2.12. The highest BCUT2D eigenvalue weighted by Gasteiger charge is 2.11. The molecule has 0 aliphatic rings. The summed E-state index contributed by atoms with van der Waals surface area (Å²) in [7, 11) is 0. The molecule has 0 saturated heterocycles. The van der Waals surface area contributed by atoms with E-state index in [0.29, 0.717) is 5.56 Å². The number of pyridine rings is 1. The molecule has 0 aliphatic heterocycles. The number of rotatable bonds is 5. The smallest absolute Gasteiger partial charge is 0.255 e. The molecule has 2 N–H and O–H groups in total. The number of nitrogens with zero attached hydrogens (tertiary/aromatic N) is 2. The summed E-state index contributed by atoms with van der Waals surface area (Å²) in [6.07, 6.45) is 3.50. The van der Waals surface area contributed by atoms with Gasteiger partial charge in [-0.25, -0.2) is 4.98 Å². The first-order valence-electron chi connectivity index (χ1n) is 9.20. The minimum Gasteiger partial charge on any atom is -0.331 e. The zero-order valence-electron chi connectivity index (χ0n) is 16.1. The lowest BCUT2D eigenvalue weighted by molar-refractivity contribution is 0.102. The average molecular weight is 401 g/mol. The topological polar surface area (TPSA) is 66.9 Å². The van der Waals surface area contributed by atoms with E-state index in [1.165, 1.54) is 11.3 Å². The number of hydrogen-bond acceptors (Lipinski definition) is 5. The molecule has 0 fully saturated rings. The lowest BCUT2D eigenvalue weighted by atomic mass is 10.1. The van der Waals surface area contributed by atoms with Crippen molar-refractivity contribution in [2.24, 2.45) is 0 Å². The molecule has 144 valence electrons. The van der Waals surface area contributed by atoms with Gasteiger partial charge in [0, 0.05) is 40.3 Å². The van der Waals surface area contributed by atoms with Crippen LogP contribution in [0.15, 0.2) is 72.4 Å². The molecule has 0 aliphatic carbocycles. The fourth-order valence-electron chi connectivity index (χ4n) is 2.84. The van der Waals surface area contributed by atoms with Crippen molar-refractivity contribution in [2.75, 3.05) is 10.6 Å². The van der Waals surface area contributed by atoms with Gasteiger partial charge in [0.2, 0.25) is 0 Å². The Morgan fingerprint density at radius 3 is 2.48 bits per heavy atom. The van der Waals surface area contributed by atoms with Gasteiger partial charge in [-0.1, -0.05) is 23.8 Å². The first kappa shape index (κ1) is 18.8. The Morgan fingerprint density at radius 1 is 0.966 bits per heavy atom. The summed E-state index contributed by atoms with van der Waals surface area (Å²) in [6, 6.07) is 17.2. The van der Waals surface area contributed by atoms with Gasteiger partial charge in [-0.2, -0.15) is 0 Å². The van der Waals surface area contributed by atoms with Crippen molar-refractivity contribution < 1.29 is 4.79 Å². The maximum atomic E-state index is 12.6. The van der Waals surface area contributed by atoms with E-state index in [1.807, 2.05) is 73.8 Å². The van der Waals surface area contributed by atoms with Gasteiger partial charge in [0.1, 0.15) is 0 Å². The maximum Gasteiger partial charge on any atom is 0.255 e. The molecule has 2 heterocycles. The van der Waals surface area contributed by atoms with Crippen LogP contribution >= 0.6 is 11.3 Å². The number of nitrogens with one attached hydrogen (secondary N) is 2. The Balaban J connectivity index is 1.52. The largest absolute Gasteiger partial charge is 0.331 e. The molecule has 0 atom stereocenters. The van der Waals surface area contributed by atoms with Crippen LogP contribution in [-0.2, 0) is 0 Å². The van der Waals surface area contributed by atoms with Crippen LogP contribution in [0, 0.1) is 13.8 Å². The minimum atomic E-state index is -0.145. The number of hydrogen-bond donors (Lipinski definition) is 2. The van der Waals surface area contributed by atoms with Gasteiger partial charge >= 0.3 is 0 Å². The first-order valence-corrected chi connectivity index (χ1v) is 10.1. The minimum absolute atomic E-state index is 0.145. The van der Waals surface area contributed by atoms with E-state index < -0.39 is 0 Å². The molecule has 5 nitrogen and oxygen atoms in total. The number of aromatic nitrogens is 2. The van der Waals surface area contributed by atoms with E-state index in [9.17, 15) is 4.79 Å². The molecule has 0 radical (unpaired) electrons. The normalized spacial score (nSPS) is 10.6. The van der Waals surface area contributed by atoms with Crippen molar-refractivity contribution in [3.8, 4) is 11.3 Å². The molecule has 2 aromatic carbocycles. The highest BCUT2D eigenvalue weighted by atomic mass is 32.1. The van der Waals surface area contributed by atoms with Crippen LogP contribution in [0.25, 0.3) is 11.3 Å². The highest BCUT2D eigenvalue weighted by molar-refractivity contribution is 7.14. The SMILES string of the molecule is Cc1ccc(NC(=O)c2ccc(C)c(Nc3nc(-c4ccncc4)cs3)c2)cc1. The summed E-state index contributed by atoms with van der Waals surface area (Å²) < 4.78 is 0. The van der Waals surface area contributed by atoms with Gasteiger partial charge in [0.15, 0.2) is 5.13 Å². The molecule has 2 aromatic heterocycles. The Morgan fingerprint density at radius 2 is 1.72 bits per heavy atom. The number of thiazole rings is 1. The highest BCUT2D eigenvalue weighted by Crippen LogP contribution is 2.28. The van der Waals surface area contributed by atoms with E-state index >= 15 is 0 Å². The van der Waals surface area contributed by atoms with E-state index in [-0.39, 0.29) is 5.91 Å². The standard InChI is InChI=1S/C23H20N4OS/c1-15-3-7-19(8-4-15)25-22(28)18-6-5-16(2)20(13-18)26-23-27-21(14-29-23)17-9-11-24-12-10-17/h3-14H,1-2H3,(H,25,28)(H,26,27). The van der Waals surface area contributed by atoms with Crippen LogP contribution in [0.1, 0.15) is 21.5 Å². The van der Waals surface area contributed by atoms with Gasteiger partial charge in [-0.15, -0.1) is 11.3 Å². The second-order valence-electron chi connectivity index (χ2n) is 6.75. The van der Waals surface area contributed by atoms with Crippen molar-refractivity contribution >= 4 is 33.8 Å². The van der Waals surface area contributed by atoms with Gasteiger partial charge < -0.3 is 10.6 Å². The second-order valence-corrected chi connectivity index (χ2v) is 7.61. The zero-order chi connectivity index (χ0) is 20.2. The number of carbonyl (C=O) groups is 1. The lowest BCUT2D eigenvalue weighted by Gasteiger charge is -2.10. The first-order chi connectivity index (χ1) is 14.1. The van der Waals surface area contributed by atoms with Crippen LogP contribution in [0.5, 0.6) is 0 Å². The molecule has 0 bridgehead atoms. The fourth-order valence-corrected chi connectivity index (χ4v) is 3.57. The summed E-state index contributed by atoms with van der Waals surface area (Å²) >= 11 is 1.52. The summed E-state index contributed by atoms with van der Waals surface area (Å²) in [6.45, 7) is 4.02. The van der Waals surface area contributed by atoms with Crippen molar-refractivity contribution in [1.82, 2.24) is 9.97 Å². The van der Waals surface area contributed by atoms with E-state index in [2.05, 4.69) is 20.6 Å². The maximum absolute atomic E-state index is 12.6. The molecule has 6 heteroatoms. The monoisotopic (exact) mass is 400 g/mol. The van der Waals surface area contributed by atoms with Gasteiger partial charge in [0.25, 0.3) is 5.91 Å². The molecule has 29 heavy (non-hydrogen) atoms. The Hall–Kier alpha value is -3.51. The third kappa shape index (κ3) is 4.50. The van der Waals surface area contributed by atoms with Crippen LogP contribution in [0.3, 0.4) is 0 Å². The van der Waals surface area contributed by atoms with E-state index in [4.69, 9.17) is 0 Å². The Labute approximate surface area is 173 Å². The van der Waals surface area contributed by atoms with Crippen LogP contribution < -0.4 is 10.6 Å². The fraction of sp³-hybridized carbons (Fsp3) is 0.0870. The van der Waals surface area contributed by atoms with Crippen molar-refractivity contribution in [1.29, 1.82) is 0 Å². The van der Waals surface area contributed by atoms with Gasteiger partial charge in [-0.05, 0) is 55.8 Å². The van der Waals surface area contributed by atoms with Gasteiger partial charge in [-0.3, -0.25) is 9.78 Å². The van der Waals surface area contributed by atoms with Crippen LogP contribution in [0.2, 0.25) is 0 Å². The summed E-state index contributed by atoms with van der Waals surface area (Å²) in [5, 5.41) is 9.05. The quantitative estimate of drug-likeness (QED) is 0.443. The van der Waals surface area contributed by atoms with Crippen molar-refractivity contribution in [3.05, 3.63) is 89.1 Å². The van der Waals surface area contributed by atoms with Crippen molar-refractivity contribution in [2.45, 2.75) is 13.8 Å². The van der Waals surface area contributed by atoms with E-state index in [1.54, 1.807) is 12.4 Å². The molecule has 4 rings (SSSR count). The molecule has 1 amide bonds. The number of carbonyl (C=O) groups excluding carboxylic acids is 1. The molecule has 0 spiro atoms. The molecular weight excluding hydrogens is 380 g/mol. The zero-order valence-corrected chi connectivity index (χ0v) is 17.0. The second kappa shape index (κ2) is 8.24. The van der Waals surface area contributed by atoms with Crippen LogP contribution in [-0.4, -0.2) is 15.9 Å². The van der Waals surface area contributed by atoms with E-state index in [0.717, 1.165) is 38.9 Å². The third-order valence-corrected chi connectivity index (χ3v) is 5.29. The summed E-state index contributed by atoms with van der Waals surface area (Å²) in [5.41, 5.74) is 6.33. The Kier molecular flexibility index (Phi) is 5.35. The predicted octanol–water partition coefficient (Wildman–Crippen LogP) is 5.82. The average Bonchev–Trinajstić information content (AvgIpc) is 3.20. The summed E-state index contributed by atoms with van der Waals surface area (Å²) in [4.78, 5) is 21.3. The molecule has 4 aromatic rings. The summed E-state index contributed by atoms with van der Waals surface area (Å²) in [5.74, 6) is -0.145. The number of benzene rings is 2. The predicted molar refractivity (Wildman–Crippen MR) is 119 cm³/mol. The third-order valence-electron chi connectivity index (χ3n) is 4.53. The van der Waals surface area contributed by atoms with Gasteiger partial charge in [0.05, 0.1) is 5.69 Å². The molecule has 0 unspecified atom stereocenters. The molecular formula is C23H20N4OS. The molecule has 0 saturated carbocycles. The number of amides is 1. The van der Waals surface area contributed by atoms with Crippen molar-refractivity contribution in [3.63, 3.8) is 0 Å². The Bertz CT molecular complexity index is 1140. The van der Waals surface area contributed by atoms with Crippen LogP contribution in [0.4, 0.5) is 16.5 Å². The number of aryl methyl sites for hydroxylation is 2. The number of anilines is 3.